The van der Waals surface area contributed by atoms with Gasteiger partial charge in [-0.1, -0.05) is 29.8 Å². The molecule has 0 fully saturated rings. The predicted octanol–water partition coefficient (Wildman–Crippen LogP) is 5.59. The quantitative estimate of drug-likeness (QED) is 0.417. The topological polar surface area (TPSA) is 72.7 Å². The minimum atomic E-state index is -4.55. The van der Waals surface area contributed by atoms with Crippen molar-refractivity contribution in [2.75, 3.05) is 5.32 Å². The van der Waals surface area contributed by atoms with Crippen LogP contribution in [0.25, 0.3) is 22.3 Å². The molecule has 0 saturated heterocycles. The van der Waals surface area contributed by atoms with E-state index in [1.807, 2.05) is 37.3 Å². The number of hydrogen-bond donors (Lipinski definition) is 1. The summed E-state index contributed by atoms with van der Waals surface area (Å²) >= 11 is 0. The summed E-state index contributed by atoms with van der Waals surface area (Å²) in [5.41, 5.74) is 4.12. The summed E-state index contributed by atoms with van der Waals surface area (Å²) in [4.78, 5) is 20.3. The first-order chi connectivity index (χ1) is 16.1. The Morgan fingerprint density at radius 1 is 0.941 bits per heavy atom. The van der Waals surface area contributed by atoms with Crippen molar-refractivity contribution in [2.24, 2.45) is 0 Å². The lowest BCUT2D eigenvalue weighted by Gasteiger charge is -2.09. The summed E-state index contributed by atoms with van der Waals surface area (Å²) in [5, 5.41) is 7.09. The van der Waals surface area contributed by atoms with Crippen molar-refractivity contribution in [3.63, 3.8) is 0 Å². The lowest BCUT2D eigenvalue weighted by molar-refractivity contribution is -0.141. The van der Waals surface area contributed by atoms with Gasteiger partial charge in [0.25, 0.3) is 0 Å². The Hall–Kier alpha value is -4.01. The minimum Gasteiger partial charge on any atom is -0.309 e. The van der Waals surface area contributed by atoms with Crippen LogP contribution >= 0.6 is 0 Å². The fourth-order valence-electron chi connectivity index (χ4n) is 3.71. The fraction of sp³-hybridized carbons (Fsp3) is 0.200. The number of nitrogens with zero attached hydrogens (tertiary/aromatic N) is 4. The van der Waals surface area contributed by atoms with Gasteiger partial charge in [-0.2, -0.15) is 18.3 Å². The predicted molar refractivity (Wildman–Crippen MR) is 123 cm³/mol. The van der Waals surface area contributed by atoms with Crippen LogP contribution in [-0.2, 0) is 17.5 Å². The highest BCUT2D eigenvalue weighted by molar-refractivity contribution is 5.90. The maximum atomic E-state index is 13.1. The van der Waals surface area contributed by atoms with E-state index in [0.717, 1.165) is 29.0 Å². The number of aryl methyl sites for hydroxylation is 2. The molecule has 3 aromatic heterocycles. The van der Waals surface area contributed by atoms with Crippen LogP contribution in [0, 0.1) is 20.8 Å². The van der Waals surface area contributed by atoms with Gasteiger partial charge in [0.15, 0.2) is 0 Å². The van der Waals surface area contributed by atoms with E-state index in [0.29, 0.717) is 28.3 Å². The number of nitrogens with one attached hydrogen (secondary N) is 1. The molecule has 0 atom stereocenters. The van der Waals surface area contributed by atoms with Crippen molar-refractivity contribution in [3.8, 4) is 22.3 Å². The SMILES string of the molecule is Cc1ccc(-c2ccc(NC(=O)Cn3nc(C)c(-c4ccnc(C(F)(F)F)c4)c3C)nc2)cc1. The lowest BCUT2D eigenvalue weighted by Crippen LogP contribution is -2.20. The molecule has 0 aliphatic carbocycles. The van der Waals surface area contributed by atoms with Crippen LogP contribution in [0.4, 0.5) is 19.0 Å². The first kappa shape index (κ1) is 23.2. The molecular weight excluding hydrogens is 443 g/mol. The number of alkyl halides is 3. The van der Waals surface area contributed by atoms with Crippen LogP contribution in [0.2, 0.25) is 0 Å². The molecule has 1 amide bonds. The first-order valence-corrected chi connectivity index (χ1v) is 10.5. The molecule has 3 heterocycles. The van der Waals surface area contributed by atoms with Crippen LogP contribution in [0.1, 0.15) is 22.6 Å². The summed E-state index contributed by atoms with van der Waals surface area (Å²) in [5.74, 6) is 0.0463. The highest BCUT2D eigenvalue weighted by atomic mass is 19.4. The maximum absolute atomic E-state index is 13.1. The van der Waals surface area contributed by atoms with Crippen molar-refractivity contribution in [1.29, 1.82) is 0 Å². The Kier molecular flexibility index (Phi) is 6.19. The van der Waals surface area contributed by atoms with Gasteiger partial charge in [0, 0.05) is 29.2 Å². The summed E-state index contributed by atoms with van der Waals surface area (Å²) < 4.78 is 40.7. The van der Waals surface area contributed by atoms with Gasteiger partial charge in [-0.25, -0.2) is 4.98 Å². The number of rotatable bonds is 5. The third-order valence-corrected chi connectivity index (χ3v) is 5.43. The Morgan fingerprint density at radius 3 is 2.29 bits per heavy atom. The molecule has 0 spiro atoms. The number of hydrogen-bond acceptors (Lipinski definition) is 4. The molecule has 1 aromatic carbocycles. The molecule has 4 rings (SSSR count). The van der Waals surface area contributed by atoms with Gasteiger partial charge in [0.1, 0.15) is 18.1 Å². The molecule has 0 unspecified atom stereocenters. The average Bonchev–Trinajstić information content (AvgIpc) is 3.07. The van der Waals surface area contributed by atoms with Crippen molar-refractivity contribution in [3.05, 3.63) is 83.6 Å². The van der Waals surface area contributed by atoms with Gasteiger partial charge in [-0.3, -0.25) is 14.5 Å². The molecular formula is C25H22F3N5O. The molecule has 4 aromatic rings. The molecule has 6 nitrogen and oxygen atoms in total. The smallest absolute Gasteiger partial charge is 0.309 e. The number of pyridine rings is 2. The maximum Gasteiger partial charge on any atom is 0.433 e. The molecule has 0 aliphatic heterocycles. The van der Waals surface area contributed by atoms with Crippen molar-refractivity contribution < 1.29 is 18.0 Å². The Balaban J connectivity index is 1.48. The van der Waals surface area contributed by atoms with Gasteiger partial charge in [0.05, 0.1) is 5.69 Å². The number of carbonyl (C=O) groups is 1. The monoisotopic (exact) mass is 465 g/mol. The van der Waals surface area contributed by atoms with Gasteiger partial charge < -0.3 is 5.32 Å². The summed E-state index contributed by atoms with van der Waals surface area (Å²) in [6.45, 7) is 5.31. The van der Waals surface area contributed by atoms with Crippen LogP contribution < -0.4 is 5.32 Å². The van der Waals surface area contributed by atoms with Crippen LogP contribution in [-0.4, -0.2) is 25.7 Å². The van der Waals surface area contributed by atoms with Gasteiger partial charge >= 0.3 is 6.18 Å². The molecule has 0 aliphatic rings. The highest BCUT2D eigenvalue weighted by Gasteiger charge is 2.33. The van der Waals surface area contributed by atoms with Crippen molar-refractivity contribution >= 4 is 11.7 Å². The first-order valence-electron chi connectivity index (χ1n) is 10.5. The molecule has 0 bridgehead atoms. The van der Waals surface area contributed by atoms with Gasteiger partial charge in [0.2, 0.25) is 5.91 Å². The van der Waals surface area contributed by atoms with E-state index in [1.54, 1.807) is 26.1 Å². The zero-order chi connectivity index (χ0) is 24.5. The molecule has 0 saturated carbocycles. The fourth-order valence-corrected chi connectivity index (χ4v) is 3.71. The van der Waals surface area contributed by atoms with Gasteiger partial charge in [-0.05, 0) is 56.2 Å². The van der Waals surface area contributed by atoms with E-state index in [4.69, 9.17) is 0 Å². The summed E-state index contributed by atoms with van der Waals surface area (Å²) in [6, 6.07) is 14.1. The number of amides is 1. The van der Waals surface area contributed by atoms with E-state index in [9.17, 15) is 18.0 Å². The molecule has 174 valence electrons. The Morgan fingerprint density at radius 2 is 1.65 bits per heavy atom. The summed E-state index contributed by atoms with van der Waals surface area (Å²) in [6.07, 6.45) is -1.74. The third kappa shape index (κ3) is 4.98. The van der Waals surface area contributed by atoms with E-state index < -0.39 is 11.9 Å². The molecule has 1 N–H and O–H groups in total. The number of carbonyl (C=O) groups excluding carboxylic acids is 1. The van der Waals surface area contributed by atoms with E-state index in [1.165, 1.54) is 10.7 Å². The Labute approximate surface area is 194 Å². The second-order valence-corrected chi connectivity index (χ2v) is 7.98. The lowest BCUT2D eigenvalue weighted by atomic mass is 10.0. The standard InChI is InChI=1S/C25H22F3N5O/c1-15-4-6-18(7-5-15)20-8-9-22(30-13-20)31-23(34)14-33-17(3)24(16(2)32-33)19-10-11-29-21(12-19)25(26,27)28/h4-13H,14H2,1-3H3,(H,30,31,34). The molecule has 34 heavy (non-hydrogen) atoms. The van der Waals surface area contributed by atoms with Crippen LogP contribution in [0.5, 0.6) is 0 Å². The summed E-state index contributed by atoms with van der Waals surface area (Å²) in [7, 11) is 0. The Bertz CT molecular complexity index is 1330. The number of aromatic nitrogens is 4. The zero-order valence-electron chi connectivity index (χ0n) is 18.8. The van der Waals surface area contributed by atoms with E-state index in [-0.39, 0.29) is 12.5 Å². The third-order valence-electron chi connectivity index (χ3n) is 5.43. The second-order valence-electron chi connectivity index (χ2n) is 7.98. The zero-order valence-corrected chi connectivity index (χ0v) is 18.8. The highest BCUT2D eigenvalue weighted by Crippen LogP contribution is 2.33. The largest absolute Gasteiger partial charge is 0.433 e. The number of benzene rings is 1. The van der Waals surface area contributed by atoms with Gasteiger partial charge in [-0.15, -0.1) is 0 Å². The van der Waals surface area contributed by atoms with Crippen molar-refractivity contribution in [2.45, 2.75) is 33.5 Å². The van der Waals surface area contributed by atoms with Crippen LogP contribution in [0.15, 0.2) is 60.9 Å². The number of anilines is 1. The molecule has 0 radical (unpaired) electrons. The van der Waals surface area contributed by atoms with E-state index >= 15 is 0 Å². The van der Waals surface area contributed by atoms with E-state index in [2.05, 4.69) is 20.4 Å². The second kappa shape index (κ2) is 9.09. The van der Waals surface area contributed by atoms with Crippen molar-refractivity contribution in [1.82, 2.24) is 19.7 Å². The number of halogens is 3. The average molecular weight is 465 g/mol. The molecule has 9 heteroatoms. The minimum absolute atomic E-state index is 0.106. The van der Waals surface area contributed by atoms with Crippen LogP contribution in [0.3, 0.4) is 0 Å². The normalized spacial score (nSPS) is 11.5.